The van der Waals surface area contributed by atoms with Crippen molar-refractivity contribution in [1.29, 1.82) is 0 Å². The predicted molar refractivity (Wildman–Crippen MR) is 74.0 cm³/mol. The second kappa shape index (κ2) is 4.96. The molecule has 2 aromatic heterocycles. The predicted octanol–water partition coefficient (Wildman–Crippen LogP) is 2.28. The summed E-state index contributed by atoms with van der Waals surface area (Å²) in [5.41, 5.74) is 1.61. The van der Waals surface area contributed by atoms with Crippen molar-refractivity contribution in [2.45, 2.75) is 19.8 Å². The second-order valence-corrected chi connectivity index (χ2v) is 5.07. The molecule has 1 amide bonds. The minimum absolute atomic E-state index is 0.481. The van der Waals surface area contributed by atoms with E-state index in [1.54, 1.807) is 23.3 Å². The lowest BCUT2D eigenvalue weighted by Crippen LogP contribution is -2.41. The lowest BCUT2D eigenvalue weighted by atomic mass is 10.2. The number of hydrogen-bond donors (Lipinski definition) is 1. The Bertz CT molecular complexity index is 619. The van der Waals surface area contributed by atoms with Crippen LogP contribution in [0.5, 0.6) is 0 Å². The van der Waals surface area contributed by atoms with Crippen LogP contribution in [0.1, 0.15) is 18.7 Å². The highest BCUT2D eigenvalue weighted by Crippen LogP contribution is 2.30. The van der Waals surface area contributed by atoms with Crippen LogP contribution in [0.4, 0.5) is 4.79 Å². The molecule has 0 spiro atoms. The molecule has 2 heterocycles. The molecular formula is C14H16N4O2. The maximum atomic E-state index is 11.4. The SMILES string of the molecule is Cc1nc(-c2cccnc2)cn1N(CC1CC1)C(=O)O. The van der Waals surface area contributed by atoms with Crippen molar-refractivity contribution in [3.63, 3.8) is 0 Å². The molecule has 3 rings (SSSR count). The van der Waals surface area contributed by atoms with Gasteiger partial charge in [-0.2, -0.15) is 0 Å². The molecule has 104 valence electrons. The maximum absolute atomic E-state index is 11.4. The van der Waals surface area contributed by atoms with E-state index >= 15 is 0 Å². The van der Waals surface area contributed by atoms with Gasteiger partial charge in [-0.3, -0.25) is 4.98 Å². The number of rotatable bonds is 4. The van der Waals surface area contributed by atoms with Crippen LogP contribution in [0.3, 0.4) is 0 Å². The van der Waals surface area contributed by atoms with Crippen molar-refractivity contribution in [1.82, 2.24) is 14.6 Å². The summed E-state index contributed by atoms with van der Waals surface area (Å²) >= 11 is 0. The van der Waals surface area contributed by atoms with Gasteiger partial charge in [-0.15, -0.1) is 0 Å². The second-order valence-electron chi connectivity index (χ2n) is 5.07. The normalized spacial score (nSPS) is 14.2. The monoisotopic (exact) mass is 272 g/mol. The summed E-state index contributed by atoms with van der Waals surface area (Å²) in [6.45, 7) is 2.34. The van der Waals surface area contributed by atoms with E-state index in [0.29, 0.717) is 18.3 Å². The lowest BCUT2D eigenvalue weighted by molar-refractivity contribution is 0.193. The van der Waals surface area contributed by atoms with Crippen LogP contribution in [-0.2, 0) is 0 Å². The van der Waals surface area contributed by atoms with Crippen LogP contribution >= 0.6 is 0 Å². The van der Waals surface area contributed by atoms with Gasteiger partial charge in [-0.05, 0) is 37.8 Å². The molecule has 6 nitrogen and oxygen atoms in total. The minimum Gasteiger partial charge on any atom is -0.464 e. The summed E-state index contributed by atoms with van der Waals surface area (Å²) in [5, 5.41) is 10.7. The highest BCUT2D eigenvalue weighted by Gasteiger charge is 2.28. The first-order chi connectivity index (χ1) is 9.65. The first kappa shape index (κ1) is 12.7. The highest BCUT2D eigenvalue weighted by molar-refractivity contribution is 5.76. The third kappa shape index (κ3) is 2.49. The van der Waals surface area contributed by atoms with Crippen LogP contribution in [0.25, 0.3) is 11.3 Å². The largest absolute Gasteiger partial charge is 0.464 e. The van der Waals surface area contributed by atoms with E-state index in [1.165, 1.54) is 5.01 Å². The first-order valence-electron chi connectivity index (χ1n) is 6.62. The Hall–Kier alpha value is -2.37. The average molecular weight is 272 g/mol. The Morgan fingerprint density at radius 3 is 2.95 bits per heavy atom. The number of hydrogen-bond acceptors (Lipinski definition) is 3. The quantitative estimate of drug-likeness (QED) is 0.926. The van der Waals surface area contributed by atoms with E-state index in [-0.39, 0.29) is 0 Å². The summed E-state index contributed by atoms with van der Waals surface area (Å²) in [4.78, 5) is 19.9. The van der Waals surface area contributed by atoms with Gasteiger partial charge in [0.1, 0.15) is 5.82 Å². The molecular weight excluding hydrogens is 256 g/mol. The van der Waals surface area contributed by atoms with Crippen LogP contribution < -0.4 is 5.01 Å². The number of carbonyl (C=O) groups is 1. The Kier molecular flexibility index (Phi) is 3.14. The topological polar surface area (TPSA) is 71.2 Å². The molecule has 20 heavy (non-hydrogen) atoms. The van der Waals surface area contributed by atoms with Gasteiger partial charge in [0.15, 0.2) is 0 Å². The summed E-state index contributed by atoms with van der Waals surface area (Å²) in [6, 6.07) is 3.74. The van der Waals surface area contributed by atoms with Gasteiger partial charge in [-0.25, -0.2) is 19.5 Å². The molecule has 0 aliphatic heterocycles. The first-order valence-corrected chi connectivity index (χ1v) is 6.62. The molecule has 1 fully saturated rings. The van der Waals surface area contributed by atoms with Crippen molar-refractivity contribution in [3.05, 3.63) is 36.5 Å². The Morgan fingerprint density at radius 1 is 1.55 bits per heavy atom. The van der Waals surface area contributed by atoms with Gasteiger partial charge in [0.2, 0.25) is 0 Å². The highest BCUT2D eigenvalue weighted by atomic mass is 16.4. The van der Waals surface area contributed by atoms with Crippen molar-refractivity contribution in [2.75, 3.05) is 11.6 Å². The van der Waals surface area contributed by atoms with E-state index in [2.05, 4.69) is 9.97 Å². The van der Waals surface area contributed by atoms with E-state index < -0.39 is 6.09 Å². The van der Waals surface area contributed by atoms with Crippen LogP contribution in [0.2, 0.25) is 0 Å². The summed E-state index contributed by atoms with van der Waals surface area (Å²) in [7, 11) is 0. The van der Waals surface area contributed by atoms with Gasteiger partial charge in [-0.1, -0.05) is 0 Å². The van der Waals surface area contributed by atoms with Gasteiger partial charge in [0.05, 0.1) is 11.9 Å². The third-order valence-corrected chi connectivity index (χ3v) is 3.42. The van der Waals surface area contributed by atoms with E-state index in [1.807, 2.05) is 19.1 Å². The summed E-state index contributed by atoms with van der Waals surface area (Å²) < 4.78 is 1.61. The zero-order chi connectivity index (χ0) is 14.1. The lowest BCUT2D eigenvalue weighted by Gasteiger charge is -2.20. The molecule has 1 aliphatic rings. The zero-order valence-corrected chi connectivity index (χ0v) is 11.2. The maximum Gasteiger partial charge on any atom is 0.426 e. The number of pyridine rings is 1. The fourth-order valence-corrected chi connectivity index (χ4v) is 2.16. The van der Waals surface area contributed by atoms with Crippen LogP contribution in [-0.4, -0.2) is 32.4 Å². The van der Waals surface area contributed by atoms with E-state index in [4.69, 9.17) is 0 Å². The summed E-state index contributed by atoms with van der Waals surface area (Å²) in [6.07, 6.45) is 6.43. The summed E-state index contributed by atoms with van der Waals surface area (Å²) in [5.74, 6) is 1.14. The average Bonchev–Trinajstić information content (AvgIpc) is 3.19. The number of carboxylic acid groups (broad SMARTS) is 1. The number of aromatic nitrogens is 3. The van der Waals surface area contributed by atoms with Gasteiger partial charge < -0.3 is 5.11 Å². The zero-order valence-electron chi connectivity index (χ0n) is 11.2. The molecule has 2 aromatic rings. The molecule has 0 unspecified atom stereocenters. The number of amides is 1. The smallest absolute Gasteiger partial charge is 0.426 e. The number of aryl methyl sites for hydroxylation is 1. The van der Waals surface area contributed by atoms with Crippen LogP contribution in [0, 0.1) is 12.8 Å². The Balaban J connectivity index is 1.92. The van der Waals surface area contributed by atoms with Crippen molar-refractivity contribution >= 4 is 6.09 Å². The molecule has 1 N–H and O–H groups in total. The van der Waals surface area contributed by atoms with Crippen LogP contribution in [0.15, 0.2) is 30.7 Å². The van der Waals surface area contributed by atoms with E-state index in [0.717, 1.165) is 24.1 Å². The van der Waals surface area contributed by atoms with Crippen molar-refractivity contribution in [2.24, 2.45) is 5.92 Å². The number of nitrogens with zero attached hydrogens (tertiary/aromatic N) is 4. The Labute approximate surface area is 116 Å². The Morgan fingerprint density at radius 2 is 2.35 bits per heavy atom. The molecule has 0 bridgehead atoms. The molecule has 1 aliphatic carbocycles. The van der Waals surface area contributed by atoms with Crippen molar-refractivity contribution < 1.29 is 9.90 Å². The standard InChI is InChI=1S/C14H16N4O2/c1-10-16-13(12-3-2-6-15-7-12)9-17(10)18(14(19)20)8-11-4-5-11/h2-3,6-7,9,11H,4-5,8H2,1H3,(H,19,20). The number of imidazole rings is 1. The fourth-order valence-electron chi connectivity index (χ4n) is 2.16. The van der Waals surface area contributed by atoms with Gasteiger partial charge in [0.25, 0.3) is 0 Å². The molecule has 0 radical (unpaired) electrons. The van der Waals surface area contributed by atoms with Crippen molar-refractivity contribution in [3.8, 4) is 11.3 Å². The van der Waals surface area contributed by atoms with Gasteiger partial charge in [0, 0.05) is 24.5 Å². The molecule has 0 atom stereocenters. The van der Waals surface area contributed by atoms with Gasteiger partial charge >= 0.3 is 6.09 Å². The van der Waals surface area contributed by atoms with E-state index in [9.17, 15) is 9.90 Å². The fraction of sp³-hybridized carbons (Fsp3) is 0.357. The molecule has 6 heteroatoms. The third-order valence-electron chi connectivity index (χ3n) is 3.42. The molecule has 1 saturated carbocycles. The molecule has 0 saturated heterocycles. The molecule has 0 aromatic carbocycles. The minimum atomic E-state index is -0.949.